The average Bonchev–Trinajstić information content (AvgIpc) is 3.15. The number of hydrogen-bond donors (Lipinski definition) is 1. The molecule has 0 radical (unpaired) electrons. The van der Waals surface area contributed by atoms with E-state index >= 15 is 0 Å². The maximum atomic E-state index is 13.7. The summed E-state index contributed by atoms with van der Waals surface area (Å²) in [5, 5.41) is 3.16. The summed E-state index contributed by atoms with van der Waals surface area (Å²) in [6, 6.07) is 10.4. The number of alkyl halides is 1. The first-order valence-corrected chi connectivity index (χ1v) is 12.6. The minimum atomic E-state index is -0.912. The van der Waals surface area contributed by atoms with E-state index in [1.54, 1.807) is 32.4 Å². The van der Waals surface area contributed by atoms with E-state index in [0.29, 0.717) is 23.5 Å². The van der Waals surface area contributed by atoms with Crippen molar-refractivity contribution in [3.05, 3.63) is 59.4 Å². The maximum absolute atomic E-state index is 13.7. The molecule has 6 nitrogen and oxygen atoms in total. The van der Waals surface area contributed by atoms with Gasteiger partial charge < -0.3 is 19.7 Å². The maximum Gasteiger partial charge on any atom is 0.247 e. The Morgan fingerprint density at radius 3 is 2.29 bits per heavy atom. The molecular formula is C27H34ClFN2O4. The van der Waals surface area contributed by atoms with Crippen LogP contribution in [0.15, 0.2) is 42.5 Å². The Morgan fingerprint density at radius 1 is 1.03 bits per heavy atom. The van der Waals surface area contributed by atoms with Gasteiger partial charge in [0.1, 0.15) is 17.7 Å². The number of ether oxygens (including phenoxy) is 2. The predicted molar refractivity (Wildman–Crippen MR) is 134 cm³/mol. The van der Waals surface area contributed by atoms with Crippen LogP contribution in [0.25, 0.3) is 0 Å². The molecule has 1 unspecified atom stereocenters. The van der Waals surface area contributed by atoms with Crippen LogP contribution in [0.3, 0.4) is 0 Å². The van der Waals surface area contributed by atoms with Crippen LogP contribution < -0.4 is 14.8 Å². The van der Waals surface area contributed by atoms with E-state index in [9.17, 15) is 14.0 Å². The highest BCUT2D eigenvalue weighted by molar-refractivity contribution is 6.27. The van der Waals surface area contributed by atoms with Gasteiger partial charge in [-0.15, -0.1) is 11.6 Å². The quantitative estimate of drug-likeness (QED) is 0.364. The summed E-state index contributed by atoms with van der Waals surface area (Å²) in [7, 11) is 3.13. The third kappa shape index (κ3) is 7.34. The summed E-state index contributed by atoms with van der Waals surface area (Å²) in [6.07, 6.45) is 6.75. The molecule has 1 saturated carbocycles. The molecule has 0 spiro atoms. The third-order valence-electron chi connectivity index (χ3n) is 6.47. The Hall–Kier alpha value is -2.80. The molecule has 0 aliphatic heterocycles. The fourth-order valence-electron chi connectivity index (χ4n) is 4.58. The lowest BCUT2D eigenvalue weighted by Gasteiger charge is -2.32. The van der Waals surface area contributed by atoms with Crippen LogP contribution in [-0.2, 0) is 16.0 Å². The number of rotatable bonds is 10. The smallest absolute Gasteiger partial charge is 0.247 e. The summed E-state index contributed by atoms with van der Waals surface area (Å²) < 4.78 is 24.4. The zero-order valence-electron chi connectivity index (χ0n) is 20.4. The van der Waals surface area contributed by atoms with E-state index in [0.717, 1.165) is 44.1 Å². The lowest BCUT2D eigenvalue weighted by Crippen LogP contribution is -2.47. The van der Waals surface area contributed by atoms with Gasteiger partial charge in [0.15, 0.2) is 11.5 Å². The minimum Gasteiger partial charge on any atom is -0.493 e. The highest BCUT2D eigenvalue weighted by Crippen LogP contribution is 2.29. The Kier molecular flexibility index (Phi) is 10.2. The highest BCUT2D eigenvalue weighted by atomic mass is 35.5. The van der Waals surface area contributed by atoms with Gasteiger partial charge in [-0.3, -0.25) is 9.59 Å². The molecule has 1 aliphatic rings. The van der Waals surface area contributed by atoms with Gasteiger partial charge in [-0.05, 0) is 54.7 Å². The summed E-state index contributed by atoms with van der Waals surface area (Å²) in [6.45, 7) is 0.251. The van der Waals surface area contributed by atoms with Crippen LogP contribution in [0.2, 0.25) is 0 Å². The van der Waals surface area contributed by atoms with Crippen LogP contribution in [0, 0.1) is 5.82 Å². The van der Waals surface area contributed by atoms with Crippen molar-refractivity contribution in [2.24, 2.45) is 0 Å². The lowest BCUT2D eigenvalue weighted by molar-refractivity contribution is -0.139. The number of amides is 2. The molecule has 0 heterocycles. The summed E-state index contributed by atoms with van der Waals surface area (Å²) in [5.41, 5.74) is 1.46. The zero-order valence-corrected chi connectivity index (χ0v) is 21.2. The lowest BCUT2D eigenvalue weighted by atomic mass is 10.0. The molecule has 2 aromatic rings. The number of nitrogens with zero attached hydrogens (tertiary/aromatic N) is 1. The zero-order chi connectivity index (χ0) is 25.2. The highest BCUT2D eigenvalue weighted by Gasteiger charge is 2.32. The number of methoxy groups -OCH3 is 2. The van der Waals surface area contributed by atoms with Crippen LogP contribution >= 0.6 is 11.6 Å². The molecule has 1 atom stereocenters. The number of halogens is 2. The molecule has 2 amide bonds. The second-order valence-corrected chi connectivity index (χ2v) is 9.08. The molecular weight excluding hydrogens is 471 g/mol. The van der Waals surface area contributed by atoms with E-state index in [1.165, 1.54) is 17.0 Å². The summed E-state index contributed by atoms with van der Waals surface area (Å²) in [5.74, 6) is -0.109. The monoisotopic (exact) mass is 504 g/mol. The first-order valence-electron chi connectivity index (χ1n) is 12.1. The van der Waals surface area contributed by atoms with Crippen molar-refractivity contribution in [2.75, 3.05) is 26.6 Å². The van der Waals surface area contributed by atoms with Gasteiger partial charge >= 0.3 is 0 Å². The van der Waals surface area contributed by atoms with Gasteiger partial charge in [0.05, 0.1) is 14.2 Å². The largest absolute Gasteiger partial charge is 0.493 e. The predicted octanol–water partition coefficient (Wildman–Crippen LogP) is 5.03. The van der Waals surface area contributed by atoms with Crippen molar-refractivity contribution in [3.63, 3.8) is 0 Å². The number of carbonyl (C=O) groups excluding carboxylic acids is 2. The fraction of sp³-hybridized carbons (Fsp3) is 0.481. The Morgan fingerprint density at radius 2 is 1.69 bits per heavy atom. The van der Waals surface area contributed by atoms with Crippen LogP contribution in [0.5, 0.6) is 11.5 Å². The second kappa shape index (κ2) is 13.3. The van der Waals surface area contributed by atoms with Crippen molar-refractivity contribution >= 4 is 23.4 Å². The topological polar surface area (TPSA) is 67.9 Å². The van der Waals surface area contributed by atoms with E-state index in [4.69, 9.17) is 21.1 Å². The Bertz CT molecular complexity index is 978. The molecule has 35 heavy (non-hydrogen) atoms. The minimum absolute atomic E-state index is 0.0618. The summed E-state index contributed by atoms with van der Waals surface area (Å²) in [4.78, 5) is 28.1. The number of hydrogen-bond acceptors (Lipinski definition) is 4. The van der Waals surface area contributed by atoms with E-state index in [-0.39, 0.29) is 30.3 Å². The van der Waals surface area contributed by atoms with Gasteiger partial charge in [0, 0.05) is 12.6 Å². The molecule has 3 rings (SSSR count). The summed E-state index contributed by atoms with van der Waals surface area (Å²) >= 11 is 5.97. The van der Waals surface area contributed by atoms with Crippen LogP contribution in [0.4, 0.5) is 4.39 Å². The van der Waals surface area contributed by atoms with Gasteiger partial charge in [-0.25, -0.2) is 4.39 Å². The van der Waals surface area contributed by atoms with Crippen molar-refractivity contribution < 1.29 is 23.5 Å². The van der Waals surface area contributed by atoms with Crippen molar-refractivity contribution in [1.29, 1.82) is 0 Å². The number of benzene rings is 2. The molecule has 0 aromatic heterocycles. The van der Waals surface area contributed by atoms with Gasteiger partial charge in [-0.2, -0.15) is 0 Å². The third-order valence-corrected chi connectivity index (χ3v) is 6.70. The Balaban J connectivity index is 1.87. The van der Waals surface area contributed by atoms with Crippen molar-refractivity contribution in [2.45, 2.75) is 57.0 Å². The molecule has 8 heteroatoms. The molecule has 1 fully saturated rings. The fourth-order valence-corrected chi connectivity index (χ4v) is 4.74. The SMILES string of the molecule is COc1ccc(CCN(C(=O)CCl)C(C(=O)NC2CCCCCC2)c2ccc(F)cc2)cc1OC. The normalized spacial score (nSPS) is 15.1. The standard InChI is InChI=1S/C27H34ClFN2O4/c1-34-23-14-9-19(17-24(23)35-2)15-16-31(25(32)18-28)26(20-10-12-21(29)13-11-20)27(33)30-22-7-5-3-4-6-8-22/h9-14,17,22,26H,3-8,15-16,18H2,1-2H3,(H,30,33). The van der Waals surface area contributed by atoms with E-state index in [2.05, 4.69) is 5.32 Å². The number of carbonyl (C=O) groups is 2. The van der Waals surface area contributed by atoms with Gasteiger partial charge in [0.25, 0.3) is 0 Å². The molecule has 1 aliphatic carbocycles. The Labute approximate surface area is 211 Å². The van der Waals surface area contributed by atoms with Crippen LogP contribution in [-0.4, -0.2) is 49.4 Å². The van der Waals surface area contributed by atoms with Gasteiger partial charge in [-0.1, -0.05) is 43.9 Å². The number of nitrogens with one attached hydrogen (secondary N) is 1. The molecule has 0 saturated heterocycles. The van der Waals surface area contributed by atoms with Gasteiger partial charge in [0.2, 0.25) is 11.8 Å². The first kappa shape index (κ1) is 26.8. The van der Waals surface area contributed by atoms with E-state index < -0.39 is 11.9 Å². The molecule has 0 bridgehead atoms. The first-order chi connectivity index (χ1) is 17.0. The second-order valence-electron chi connectivity index (χ2n) is 8.81. The molecule has 1 N–H and O–H groups in total. The average molecular weight is 505 g/mol. The van der Waals surface area contributed by atoms with Crippen LogP contribution in [0.1, 0.15) is 55.7 Å². The van der Waals surface area contributed by atoms with E-state index in [1.807, 2.05) is 12.1 Å². The molecule has 2 aromatic carbocycles. The van der Waals surface area contributed by atoms with Crippen molar-refractivity contribution in [1.82, 2.24) is 10.2 Å². The van der Waals surface area contributed by atoms with Crippen molar-refractivity contribution in [3.8, 4) is 11.5 Å². The molecule has 190 valence electrons.